The summed E-state index contributed by atoms with van der Waals surface area (Å²) in [6, 6.07) is 3.01. The summed E-state index contributed by atoms with van der Waals surface area (Å²) in [5, 5.41) is 10.7. The Labute approximate surface area is 91.2 Å². The molecule has 0 amide bonds. The van der Waals surface area contributed by atoms with Crippen molar-refractivity contribution in [2.75, 3.05) is 31.3 Å². The second-order valence-electron chi connectivity index (χ2n) is 3.16. The number of nitrogen functional groups attached to an aromatic ring is 1. The van der Waals surface area contributed by atoms with Crippen LogP contribution in [0.25, 0.3) is 0 Å². The molecular weight excluding hydrogens is 220 g/mol. The smallest absolute Gasteiger partial charge is 0.287 e. The summed E-state index contributed by atoms with van der Waals surface area (Å²) in [4.78, 5) is 3.85. The van der Waals surface area contributed by atoms with Crippen LogP contribution in [0, 0.1) is 0 Å². The highest BCUT2D eigenvalue weighted by atomic mass is 19.3. The number of hydrogen-bond donors (Lipinski definition) is 3. The summed E-state index contributed by atoms with van der Waals surface area (Å²) in [5.74, 6) is -2.84. The average molecular weight is 233 g/mol. The molecule has 7 heteroatoms. The zero-order valence-corrected chi connectivity index (χ0v) is 8.70. The highest BCUT2D eigenvalue weighted by Crippen LogP contribution is 2.21. The number of halogens is 2. The lowest BCUT2D eigenvalue weighted by molar-refractivity contribution is -0.0373. The van der Waals surface area contributed by atoms with Gasteiger partial charge in [-0.1, -0.05) is 0 Å². The first-order valence-corrected chi connectivity index (χ1v) is 4.51. The molecule has 0 saturated heterocycles. The fourth-order valence-corrected chi connectivity index (χ4v) is 0.976. The molecule has 90 valence electrons. The van der Waals surface area contributed by atoms with Crippen molar-refractivity contribution in [3.63, 3.8) is 0 Å². The second kappa shape index (κ2) is 4.93. The van der Waals surface area contributed by atoms with Crippen LogP contribution < -0.4 is 15.8 Å². The van der Waals surface area contributed by atoms with Crippen molar-refractivity contribution >= 4 is 11.5 Å². The van der Waals surface area contributed by atoms with Gasteiger partial charge >= 0.3 is 0 Å². The third-order valence-electron chi connectivity index (χ3n) is 1.86. The number of alkyl halides is 2. The number of methoxy groups -OCH3 is 1. The normalized spacial score (nSPS) is 11.2. The maximum absolute atomic E-state index is 12.7. The molecule has 0 bridgehead atoms. The molecule has 0 fully saturated rings. The maximum atomic E-state index is 12.7. The molecule has 1 aromatic rings. The van der Waals surface area contributed by atoms with Gasteiger partial charge in [0.15, 0.2) is 5.82 Å². The van der Waals surface area contributed by atoms with E-state index in [1.807, 2.05) is 0 Å². The number of nitrogens with one attached hydrogen (secondary N) is 1. The first-order valence-electron chi connectivity index (χ1n) is 4.51. The molecule has 0 aliphatic carbocycles. The van der Waals surface area contributed by atoms with Crippen LogP contribution in [0.15, 0.2) is 12.1 Å². The quantitative estimate of drug-likeness (QED) is 0.698. The number of hydrogen-bond acceptors (Lipinski definition) is 5. The van der Waals surface area contributed by atoms with E-state index < -0.39 is 19.1 Å². The largest absolute Gasteiger partial charge is 0.481 e. The predicted octanol–water partition coefficient (Wildman–Crippen LogP) is 0.712. The van der Waals surface area contributed by atoms with Crippen LogP contribution in [0.1, 0.15) is 0 Å². The minimum Gasteiger partial charge on any atom is -0.481 e. The molecule has 0 unspecified atom stereocenters. The number of pyridine rings is 1. The van der Waals surface area contributed by atoms with Crippen molar-refractivity contribution in [2.45, 2.75) is 5.92 Å². The molecule has 4 N–H and O–H groups in total. The predicted molar refractivity (Wildman–Crippen MR) is 55.7 cm³/mol. The van der Waals surface area contributed by atoms with E-state index in [9.17, 15) is 8.78 Å². The van der Waals surface area contributed by atoms with Crippen molar-refractivity contribution in [3.05, 3.63) is 12.1 Å². The van der Waals surface area contributed by atoms with Gasteiger partial charge in [0, 0.05) is 6.07 Å². The Balaban J connectivity index is 2.73. The number of aliphatic hydroxyl groups is 1. The first kappa shape index (κ1) is 12.4. The molecular formula is C9H13F2N3O2. The molecule has 5 nitrogen and oxygen atoms in total. The fraction of sp³-hybridized carbons (Fsp3) is 0.444. The van der Waals surface area contributed by atoms with Crippen LogP contribution in [0.2, 0.25) is 0 Å². The van der Waals surface area contributed by atoms with Crippen LogP contribution in [0.3, 0.4) is 0 Å². The molecule has 1 aromatic heterocycles. The van der Waals surface area contributed by atoms with Crippen molar-refractivity contribution in [2.24, 2.45) is 0 Å². The molecule has 1 rings (SSSR count). The highest BCUT2D eigenvalue weighted by molar-refractivity contribution is 5.62. The van der Waals surface area contributed by atoms with E-state index in [1.54, 1.807) is 0 Å². The van der Waals surface area contributed by atoms with E-state index in [0.717, 1.165) is 0 Å². The molecule has 16 heavy (non-hydrogen) atoms. The number of ether oxygens (including phenoxy) is 1. The van der Waals surface area contributed by atoms with Crippen LogP contribution in [0.4, 0.5) is 20.3 Å². The zero-order chi connectivity index (χ0) is 12.2. The minimum atomic E-state index is -3.21. The van der Waals surface area contributed by atoms with Crippen LogP contribution in [0.5, 0.6) is 5.88 Å². The molecule has 0 aliphatic rings. The second-order valence-corrected chi connectivity index (χ2v) is 3.16. The van der Waals surface area contributed by atoms with E-state index >= 15 is 0 Å². The van der Waals surface area contributed by atoms with Gasteiger partial charge in [0.25, 0.3) is 5.92 Å². The van der Waals surface area contributed by atoms with E-state index in [1.165, 1.54) is 19.2 Å². The van der Waals surface area contributed by atoms with Gasteiger partial charge < -0.3 is 20.9 Å². The first-order chi connectivity index (χ1) is 7.48. The summed E-state index contributed by atoms with van der Waals surface area (Å²) >= 11 is 0. The van der Waals surface area contributed by atoms with Gasteiger partial charge in [0.1, 0.15) is 6.61 Å². The van der Waals surface area contributed by atoms with Gasteiger partial charge in [-0.2, -0.15) is 4.98 Å². The molecule has 0 spiro atoms. The lowest BCUT2D eigenvalue weighted by atomic mass is 10.3. The zero-order valence-electron chi connectivity index (χ0n) is 8.70. The van der Waals surface area contributed by atoms with Crippen LogP contribution >= 0.6 is 0 Å². The number of nitrogens with two attached hydrogens (primary N) is 1. The number of anilines is 2. The molecule has 0 saturated carbocycles. The lowest BCUT2D eigenvalue weighted by Gasteiger charge is -2.15. The topological polar surface area (TPSA) is 80.4 Å². The van der Waals surface area contributed by atoms with Crippen LogP contribution in [-0.4, -0.2) is 36.3 Å². The number of aromatic nitrogens is 1. The Morgan fingerprint density at radius 3 is 2.81 bits per heavy atom. The van der Waals surface area contributed by atoms with E-state index in [0.29, 0.717) is 0 Å². The van der Waals surface area contributed by atoms with E-state index in [-0.39, 0.29) is 17.4 Å². The van der Waals surface area contributed by atoms with Gasteiger partial charge in [-0.25, -0.2) is 8.78 Å². The van der Waals surface area contributed by atoms with Crippen molar-refractivity contribution in [1.29, 1.82) is 0 Å². The third-order valence-corrected chi connectivity index (χ3v) is 1.86. The maximum Gasteiger partial charge on any atom is 0.287 e. The Hall–Kier alpha value is -1.63. The van der Waals surface area contributed by atoms with Gasteiger partial charge in [0.05, 0.1) is 19.3 Å². The Morgan fingerprint density at radius 1 is 1.56 bits per heavy atom. The minimum absolute atomic E-state index is 0.104. The molecule has 1 heterocycles. The Bertz CT molecular complexity index is 361. The van der Waals surface area contributed by atoms with E-state index in [4.69, 9.17) is 15.6 Å². The average Bonchev–Trinajstić information content (AvgIpc) is 2.28. The summed E-state index contributed by atoms with van der Waals surface area (Å²) in [6.07, 6.45) is 0. The Morgan fingerprint density at radius 2 is 2.25 bits per heavy atom. The standard InChI is InChI=1S/C9H13F2N3O2/c1-16-7-3-2-6(12)8(14-7)13-4-9(10,11)5-15/h2-3,15H,4-5,12H2,1H3,(H,13,14). The SMILES string of the molecule is COc1ccc(N)c(NCC(F)(F)CO)n1. The summed E-state index contributed by atoms with van der Waals surface area (Å²) in [5.41, 5.74) is 5.76. The van der Waals surface area contributed by atoms with Gasteiger partial charge in [0.2, 0.25) is 5.88 Å². The van der Waals surface area contributed by atoms with Crippen molar-refractivity contribution < 1.29 is 18.6 Å². The van der Waals surface area contributed by atoms with Gasteiger partial charge in [-0.15, -0.1) is 0 Å². The lowest BCUT2D eigenvalue weighted by Crippen LogP contribution is -2.31. The summed E-state index contributed by atoms with van der Waals surface area (Å²) < 4.78 is 30.3. The summed E-state index contributed by atoms with van der Waals surface area (Å²) in [6.45, 7) is -1.97. The molecule has 0 aliphatic heterocycles. The third kappa shape index (κ3) is 3.20. The number of rotatable bonds is 5. The van der Waals surface area contributed by atoms with Crippen LogP contribution in [-0.2, 0) is 0 Å². The van der Waals surface area contributed by atoms with Crippen molar-refractivity contribution in [1.82, 2.24) is 4.98 Å². The molecule has 0 atom stereocenters. The summed E-state index contributed by atoms with van der Waals surface area (Å²) in [7, 11) is 1.41. The molecule has 0 aromatic carbocycles. The van der Waals surface area contributed by atoms with Gasteiger partial charge in [-0.3, -0.25) is 0 Å². The number of nitrogens with zero attached hydrogens (tertiary/aromatic N) is 1. The van der Waals surface area contributed by atoms with Crippen molar-refractivity contribution in [3.8, 4) is 5.88 Å². The van der Waals surface area contributed by atoms with Gasteiger partial charge in [-0.05, 0) is 6.07 Å². The van der Waals surface area contributed by atoms with E-state index in [2.05, 4.69) is 10.3 Å². The fourth-order valence-electron chi connectivity index (χ4n) is 0.976. The Kier molecular flexibility index (Phi) is 3.83. The number of aliphatic hydroxyl groups excluding tert-OH is 1. The monoisotopic (exact) mass is 233 g/mol. The highest BCUT2D eigenvalue weighted by Gasteiger charge is 2.27. The molecule has 0 radical (unpaired) electrons.